The lowest BCUT2D eigenvalue weighted by Crippen LogP contribution is -2.36. The topological polar surface area (TPSA) is 80.4 Å². The van der Waals surface area contributed by atoms with E-state index in [0.717, 1.165) is 11.3 Å². The molecule has 6 nitrogen and oxygen atoms in total. The quantitative estimate of drug-likeness (QED) is 0.572. The Balaban J connectivity index is 2.19. The largest absolute Gasteiger partial charge is 0.490 e. The molecule has 0 bridgehead atoms. The predicted molar refractivity (Wildman–Crippen MR) is 114 cm³/mol. The number of rotatable bonds is 10. The zero-order chi connectivity index (χ0) is 21.7. The fraction of sp³-hybridized carbons (Fsp3) is 0.478. The number of carbonyl (C=O) groups is 2. The lowest BCUT2D eigenvalue weighted by atomic mass is 10.0. The summed E-state index contributed by atoms with van der Waals surface area (Å²) in [6, 6.07) is 5.31. The number of ether oxygens (including phenoxy) is 2. The van der Waals surface area contributed by atoms with Crippen molar-refractivity contribution in [2.75, 3.05) is 13.2 Å². The van der Waals surface area contributed by atoms with Crippen molar-refractivity contribution in [1.82, 2.24) is 10.3 Å². The molecule has 0 radical (unpaired) electrons. The molecule has 6 heteroatoms. The van der Waals surface area contributed by atoms with Crippen LogP contribution < -0.4 is 14.8 Å². The van der Waals surface area contributed by atoms with Crippen LogP contribution in [0.5, 0.6) is 11.5 Å². The highest BCUT2D eigenvalue weighted by atomic mass is 16.5. The van der Waals surface area contributed by atoms with Gasteiger partial charge in [0.05, 0.1) is 24.9 Å². The maximum absolute atomic E-state index is 13.0. The minimum atomic E-state index is -0.427. The van der Waals surface area contributed by atoms with Crippen molar-refractivity contribution in [3.8, 4) is 11.5 Å². The maximum atomic E-state index is 13.0. The number of aromatic nitrogens is 1. The first-order chi connectivity index (χ1) is 13.7. The van der Waals surface area contributed by atoms with Gasteiger partial charge in [-0.25, -0.2) is 0 Å². The molecule has 0 aliphatic heterocycles. The average molecular weight is 401 g/mol. The molecular weight excluding hydrogens is 368 g/mol. The molecule has 1 heterocycles. The van der Waals surface area contributed by atoms with E-state index in [-0.39, 0.29) is 17.6 Å². The number of Topliss-reactive ketones (excluding diaryl/α,β-unsaturated/α-hetero) is 2. The predicted octanol–water partition coefficient (Wildman–Crippen LogP) is 4.55. The molecule has 158 valence electrons. The number of benzene rings is 1. The van der Waals surface area contributed by atoms with Crippen LogP contribution in [0, 0.1) is 13.8 Å². The maximum Gasteiger partial charge on any atom is 0.195 e. The van der Waals surface area contributed by atoms with Crippen molar-refractivity contribution in [1.29, 1.82) is 0 Å². The minimum Gasteiger partial charge on any atom is -0.490 e. The summed E-state index contributed by atoms with van der Waals surface area (Å²) in [4.78, 5) is 27.9. The van der Waals surface area contributed by atoms with Crippen molar-refractivity contribution in [2.24, 2.45) is 0 Å². The van der Waals surface area contributed by atoms with E-state index in [0.29, 0.717) is 41.5 Å². The third kappa shape index (κ3) is 5.07. The molecule has 0 unspecified atom stereocenters. The van der Waals surface area contributed by atoms with Crippen LogP contribution in [0.15, 0.2) is 18.2 Å². The lowest BCUT2D eigenvalue weighted by molar-refractivity contribution is 0.0940. The average Bonchev–Trinajstić information content (AvgIpc) is 2.97. The summed E-state index contributed by atoms with van der Waals surface area (Å²) in [7, 11) is 0. The zero-order valence-corrected chi connectivity index (χ0v) is 18.4. The monoisotopic (exact) mass is 400 g/mol. The molecule has 2 N–H and O–H groups in total. The highest BCUT2D eigenvalue weighted by molar-refractivity contribution is 6.05. The van der Waals surface area contributed by atoms with Gasteiger partial charge in [0.25, 0.3) is 0 Å². The highest BCUT2D eigenvalue weighted by Crippen LogP contribution is 2.31. The van der Waals surface area contributed by atoms with Crippen LogP contribution in [0.4, 0.5) is 0 Å². The molecule has 0 spiro atoms. The number of hydrogen-bond acceptors (Lipinski definition) is 5. The Morgan fingerprint density at radius 1 is 1.07 bits per heavy atom. The van der Waals surface area contributed by atoms with Crippen LogP contribution in [0.1, 0.15) is 78.3 Å². The fourth-order valence-corrected chi connectivity index (χ4v) is 3.62. The Bertz CT molecular complexity index is 885. The van der Waals surface area contributed by atoms with Crippen LogP contribution >= 0.6 is 0 Å². The highest BCUT2D eigenvalue weighted by Gasteiger charge is 2.25. The number of H-pyrrole nitrogens is 1. The summed E-state index contributed by atoms with van der Waals surface area (Å²) in [6.45, 7) is 14.0. The minimum absolute atomic E-state index is 0.0397. The van der Waals surface area contributed by atoms with Gasteiger partial charge in [-0.05, 0) is 71.7 Å². The van der Waals surface area contributed by atoms with Gasteiger partial charge in [-0.3, -0.25) is 9.59 Å². The summed E-state index contributed by atoms with van der Waals surface area (Å²) in [5, 5.41) is 3.35. The van der Waals surface area contributed by atoms with Crippen LogP contribution in [0.3, 0.4) is 0 Å². The van der Waals surface area contributed by atoms with E-state index in [1.165, 1.54) is 6.92 Å². The van der Waals surface area contributed by atoms with Gasteiger partial charge in [0.15, 0.2) is 23.1 Å². The van der Waals surface area contributed by atoms with Crippen molar-refractivity contribution < 1.29 is 19.1 Å². The van der Waals surface area contributed by atoms with Crippen LogP contribution in [-0.2, 0) is 0 Å². The van der Waals surface area contributed by atoms with Gasteiger partial charge >= 0.3 is 0 Å². The van der Waals surface area contributed by atoms with E-state index in [4.69, 9.17) is 9.47 Å². The lowest BCUT2D eigenvalue weighted by Gasteiger charge is -2.21. The molecule has 0 amide bonds. The van der Waals surface area contributed by atoms with E-state index in [1.54, 1.807) is 0 Å². The van der Waals surface area contributed by atoms with Gasteiger partial charge in [-0.1, -0.05) is 6.07 Å². The van der Waals surface area contributed by atoms with E-state index in [9.17, 15) is 9.59 Å². The third-order valence-corrected chi connectivity index (χ3v) is 5.00. The molecule has 29 heavy (non-hydrogen) atoms. The van der Waals surface area contributed by atoms with E-state index in [2.05, 4.69) is 10.3 Å². The normalized spacial score (nSPS) is 13.1. The molecule has 1 aromatic heterocycles. The van der Waals surface area contributed by atoms with Gasteiger partial charge in [-0.15, -0.1) is 0 Å². The number of ketones is 2. The first-order valence-electron chi connectivity index (χ1n) is 10.1. The van der Waals surface area contributed by atoms with Gasteiger partial charge < -0.3 is 19.8 Å². The van der Waals surface area contributed by atoms with Gasteiger partial charge in [-0.2, -0.15) is 0 Å². The number of carbonyl (C=O) groups excluding carboxylic acids is 2. The van der Waals surface area contributed by atoms with Crippen molar-refractivity contribution >= 4 is 11.6 Å². The summed E-state index contributed by atoms with van der Waals surface area (Å²) < 4.78 is 11.3. The van der Waals surface area contributed by atoms with Crippen molar-refractivity contribution in [2.45, 2.75) is 60.5 Å². The first-order valence-corrected chi connectivity index (χ1v) is 10.1. The summed E-state index contributed by atoms with van der Waals surface area (Å²) >= 11 is 0. The Hall–Kier alpha value is -2.60. The summed E-state index contributed by atoms with van der Waals surface area (Å²) in [6.07, 6.45) is 0. The standard InChI is InChI=1S/C23H32N2O4/c1-8-28-19-11-10-18(12-20(19)29-9-2)14(4)24-16(6)23(27)22-13(3)21(17(7)26)15(5)25-22/h10-12,14,16,24-25H,8-9H2,1-7H3/t14-,16-/m1/s1. The number of aryl methyl sites for hydroxylation is 1. The van der Waals surface area contributed by atoms with Crippen LogP contribution in [0.2, 0.25) is 0 Å². The SMILES string of the molecule is CCOc1ccc([C@@H](C)N[C@H](C)C(=O)c2[nH]c(C)c(C(C)=O)c2C)cc1OCC. The van der Waals surface area contributed by atoms with Crippen molar-refractivity contribution in [3.05, 3.63) is 46.3 Å². The second-order valence-electron chi connectivity index (χ2n) is 7.23. The molecule has 2 rings (SSSR count). The number of nitrogens with one attached hydrogen (secondary N) is 2. The molecule has 2 aromatic rings. The Kier molecular flexibility index (Phi) is 7.62. The summed E-state index contributed by atoms with van der Waals surface area (Å²) in [5.74, 6) is 1.30. The first kappa shape index (κ1) is 22.7. The Morgan fingerprint density at radius 3 is 2.24 bits per heavy atom. The number of aromatic amines is 1. The molecule has 0 saturated heterocycles. The van der Waals surface area contributed by atoms with E-state index in [1.807, 2.05) is 59.7 Å². The second kappa shape index (κ2) is 9.74. The molecule has 0 aliphatic carbocycles. The summed E-state index contributed by atoms with van der Waals surface area (Å²) in [5.41, 5.74) is 3.52. The molecule has 1 aromatic carbocycles. The second-order valence-corrected chi connectivity index (χ2v) is 7.23. The Morgan fingerprint density at radius 2 is 1.69 bits per heavy atom. The van der Waals surface area contributed by atoms with Crippen LogP contribution in [-0.4, -0.2) is 35.8 Å². The molecule has 0 saturated carbocycles. The molecular formula is C23H32N2O4. The van der Waals surface area contributed by atoms with E-state index >= 15 is 0 Å². The number of hydrogen-bond donors (Lipinski definition) is 2. The van der Waals surface area contributed by atoms with Crippen LogP contribution in [0.25, 0.3) is 0 Å². The fourth-order valence-electron chi connectivity index (χ4n) is 3.62. The van der Waals surface area contributed by atoms with Crippen molar-refractivity contribution in [3.63, 3.8) is 0 Å². The molecule has 2 atom stereocenters. The zero-order valence-electron chi connectivity index (χ0n) is 18.4. The van der Waals surface area contributed by atoms with Gasteiger partial charge in [0, 0.05) is 17.3 Å². The third-order valence-electron chi connectivity index (χ3n) is 5.00. The molecule has 0 aliphatic rings. The Labute approximate surface area is 173 Å². The van der Waals surface area contributed by atoms with E-state index < -0.39 is 6.04 Å². The smallest absolute Gasteiger partial charge is 0.195 e. The molecule has 0 fully saturated rings. The van der Waals surface area contributed by atoms with Gasteiger partial charge in [0.1, 0.15) is 0 Å². The van der Waals surface area contributed by atoms with Gasteiger partial charge in [0.2, 0.25) is 0 Å².